The summed E-state index contributed by atoms with van der Waals surface area (Å²) >= 11 is 5.82. The molecule has 0 saturated carbocycles. The summed E-state index contributed by atoms with van der Waals surface area (Å²) in [7, 11) is 1.95. The van der Waals surface area contributed by atoms with Crippen molar-refractivity contribution in [2.45, 2.75) is 6.54 Å². The molecule has 0 aliphatic carbocycles. The zero-order valence-electron chi connectivity index (χ0n) is 8.11. The van der Waals surface area contributed by atoms with Crippen molar-refractivity contribution in [1.82, 2.24) is 9.55 Å². The average Bonchev–Trinajstić information content (AvgIpc) is 2.42. The van der Waals surface area contributed by atoms with Crippen LogP contribution in [-0.2, 0) is 13.6 Å². The number of nitrogens with zero attached hydrogens (tertiary/aromatic N) is 2. The van der Waals surface area contributed by atoms with Crippen LogP contribution < -0.4 is 5.73 Å². The number of pyridine rings is 1. The van der Waals surface area contributed by atoms with Gasteiger partial charge in [-0.25, -0.2) is 4.98 Å². The van der Waals surface area contributed by atoms with Gasteiger partial charge in [0.25, 0.3) is 0 Å². The van der Waals surface area contributed by atoms with Gasteiger partial charge in [-0.05, 0) is 12.1 Å². The van der Waals surface area contributed by atoms with Gasteiger partial charge >= 0.3 is 0 Å². The van der Waals surface area contributed by atoms with Crippen LogP contribution in [0.25, 0.3) is 11.0 Å². The van der Waals surface area contributed by atoms with Crippen LogP contribution in [0, 0.1) is 0 Å². The minimum atomic E-state index is 0. The molecule has 3 nitrogen and oxygen atoms in total. The number of rotatable bonds is 1. The number of fused-ring (bicyclic) bond motifs is 1. The van der Waals surface area contributed by atoms with Crippen LogP contribution in [0.1, 0.15) is 5.69 Å². The molecule has 0 aliphatic heterocycles. The molecule has 2 aromatic rings. The first kappa shape index (κ1) is 14.5. The van der Waals surface area contributed by atoms with Crippen molar-refractivity contribution in [3.05, 3.63) is 29.0 Å². The Hall–Kier alpha value is -0.480. The first-order valence-corrected chi connectivity index (χ1v) is 4.40. The summed E-state index contributed by atoms with van der Waals surface area (Å²) in [6.07, 6.45) is 1.64. The highest BCUT2D eigenvalue weighted by molar-refractivity contribution is 6.31. The number of nitrogens with two attached hydrogens (primary N) is 1. The molecule has 0 unspecified atom stereocenters. The lowest BCUT2D eigenvalue weighted by Crippen LogP contribution is -2.02. The normalized spacial score (nSPS) is 9.53. The van der Waals surface area contributed by atoms with Crippen LogP contribution in [0.2, 0.25) is 5.02 Å². The van der Waals surface area contributed by atoms with E-state index in [4.69, 9.17) is 17.3 Å². The van der Waals surface area contributed by atoms with E-state index in [0.29, 0.717) is 11.6 Å². The maximum absolute atomic E-state index is 5.82. The lowest BCUT2D eigenvalue weighted by atomic mass is 10.3. The van der Waals surface area contributed by atoms with Gasteiger partial charge in [-0.3, -0.25) is 0 Å². The van der Waals surface area contributed by atoms with Crippen molar-refractivity contribution in [2.75, 3.05) is 0 Å². The molecule has 0 saturated heterocycles. The van der Waals surface area contributed by atoms with Crippen molar-refractivity contribution in [1.29, 1.82) is 0 Å². The van der Waals surface area contributed by atoms with E-state index in [1.807, 2.05) is 23.7 Å². The van der Waals surface area contributed by atoms with E-state index in [2.05, 4.69) is 4.98 Å². The summed E-state index contributed by atoms with van der Waals surface area (Å²) in [6.45, 7) is 0.518. The second kappa shape index (κ2) is 5.56. The van der Waals surface area contributed by atoms with Crippen LogP contribution in [0.15, 0.2) is 18.3 Å². The van der Waals surface area contributed by atoms with Gasteiger partial charge in [0.05, 0.1) is 5.02 Å². The van der Waals surface area contributed by atoms with Crippen LogP contribution in [0.5, 0.6) is 0 Å². The highest BCUT2D eigenvalue weighted by Crippen LogP contribution is 2.19. The summed E-state index contributed by atoms with van der Waals surface area (Å²) in [5.41, 5.74) is 7.55. The Morgan fingerprint density at radius 1 is 1.40 bits per heavy atom. The van der Waals surface area contributed by atoms with Gasteiger partial charge in [0.2, 0.25) is 0 Å². The fourth-order valence-electron chi connectivity index (χ4n) is 1.44. The Kier molecular flexibility index (Phi) is 5.38. The van der Waals surface area contributed by atoms with Gasteiger partial charge in [0.1, 0.15) is 5.65 Å². The predicted molar refractivity (Wildman–Crippen MR) is 68.1 cm³/mol. The van der Waals surface area contributed by atoms with Gasteiger partial charge in [-0.15, -0.1) is 24.8 Å². The molecule has 6 heteroatoms. The lowest BCUT2D eigenvalue weighted by Gasteiger charge is -1.98. The number of aryl methyl sites for hydroxylation is 1. The Labute approximate surface area is 105 Å². The van der Waals surface area contributed by atoms with Gasteiger partial charge in [-0.2, -0.15) is 0 Å². The third-order valence-corrected chi connectivity index (χ3v) is 2.35. The fraction of sp³-hybridized carbons (Fsp3) is 0.222. The first-order chi connectivity index (χ1) is 6.22. The summed E-state index contributed by atoms with van der Waals surface area (Å²) in [6, 6.07) is 3.90. The zero-order chi connectivity index (χ0) is 9.42. The van der Waals surface area contributed by atoms with E-state index in [0.717, 1.165) is 16.7 Å². The van der Waals surface area contributed by atoms with Crippen molar-refractivity contribution in [2.24, 2.45) is 12.8 Å². The van der Waals surface area contributed by atoms with Crippen molar-refractivity contribution in [3.63, 3.8) is 0 Å². The molecule has 15 heavy (non-hydrogen) atoms. The summed E-state index contributed by atoms with van der Waals surface area (Å²) < 4.78 is 1.98. The summed E-state index contributed by atoms with van der Waals surface area (Å²) in [5.74, 6) is 0. The highest BCUT2D eigenvalue weighted by atomic mass is 35.5. The summed E-state index contributed by atoms with van der Waals surface area (Å²) in [4.78, 5) is 4.22. The molecule has 2 N–H and O–H groups in total. The number of hydrogen-bond donors (Lipinski definition) is 1. The van der Waals surface area contributed by atoms with Crippen molar-refractivity contribution >= 4 is 47.4 Å². The number of hydrogen-bond acceptors (Lipinski definition) is 2. The minimum absolute atomic E-state index is 0. The number of halogens is 3. The second-order valence-corrected chi connectivity index (χ2v) is 3.40. The molecule has 0 fully saturated rings. The molecule has 2 heterocycles. The zero-order valence-corrected chi connectivity index (χ0v) is 10.5. The SMILES string of the molecule is Cl.Cl.Cn1c(CN)cc2cc(Cl)cnc21. The Morgan fingerprint density at radius 3 is 2.67 bits per heavy atom. The lowest BCUT2D eigenvalue weighted by molar-refractivity contribution is 0.839. The minimum Gasteiger partial charge on any atom is -0.331 e. The third-order valence-electron chi connectivity index (χ3n) is 2.14. The van der Waals surface area contributed by atoms with E-state index in [1.165, 1.54) is 0 Å². The first-order valence-electron chi connectivity index (χ1n) is 4.02. The largest absolute Gasteiger partial charge is 0.331 e. The average molecular weight is 269 g/mol. The molecule has 0 radical (unpaired) electrons. The van der Waals surface area contributed by atoms with Crippen molar-refractivity contribution < 1.29 is 0 Å². The van der Waals surface area contributed by atoms with Crippen LogP contribution in [0.4, 0.5) is 0 Å². The second-order valence-electron chi connectivity index (χ2n) is 2.97. The summed E-state index contributed by atoms with van der Waals surface area (Å²) in [5, 5.41) is 1.69. The number of aromatic nitrogens is 2. The molecule has 0 aromatic carbocycles. The van der Waals surface area contributed by atoms with E-state index in [9.17, 15) is 0 Å². The van der Waals surface area contributed by atoms with Gasteiger partial charge in [-0.1, -0.05) is 11.6 Å². The quantitative estimate of drug-likeness (QED) is 0.864. The molecule has 2 rings (SSSR count). The molecular weight excluding hydrogens is 256 g/mol. The maximum Gasteiger partial charge on any atom is 0.139 e. The monoisotopic (exact) mass is 267 g/mol. The van der Waals surface area contributed by atoms with Crippen LogP contribution in [-0.4, -0.2) is 9.55 Å². The molecular formula is C9H12Cl3N3. The predicted octanol–water partition coefficient (Wildman–Crippen LogP) is 2.53. The Balaban J connectivity index is 0.000000980. The van der Waals surface area contributed by atoms with E-state index in [1.54, 1.807) is 6.20 Å². The molecule has 84 valence electrons. The molecule has 0 amide bonds. The van der Waals surface area contributed by atoms with E-state index >= 15 is 0 Å². The third kappa shape index (κ3) is 2.55. The van der Waals surface area contributed by atoms with Gasteiger partial charge < -0.3 is 10.3 Å². The Morgan fingerprint density at radius 2 is 2.07 bits per heavy atom. The van der Waals surface area contributed by atoms with Gasteiger partial charge in [0, 0.05) is 30.9 Å². The molecule has 0 atom stereocenters. The van der Waals surface area contributed by atoms with Crippen LogP contribution in [0.3, 0.4) is 0 Å². The molecule has 0 aliphatic rings. The molecule has 2 aromatic heterocycles. The van der Waals surface area contributed by atoms with Gasteiger partial charge in [0.15, 0.2) is 0 Å². The topological polar surface area (TPSA) is 43.8 Å². The standard InChI is InChI=1S/C9H10ClN3.2ClH/c1-13-8(4-11)3-6-2-7(10)5-12-9(6)13;;/h2-3,5H,4,11H2,1H3;2*1H. The molecule has 0 bridgehead atoms. The molecule has 0 spiro atoms. The van der Waals surface area contributed by atoms with Crippen molar-refractivity contribution in [3.8, 4) is 0 Å². The fourth-order valence-corrected chi connectivity index (χ4v) is 1.61. The Bertz CT molecular complexity index is 453. The van der Waals surface area contributed by atoms with E-state index in [-0.39, 0.29) is 24.8 Å². The smallest absolute Gasteiger partial charge is 0.139 e. The van der Waals surface area contributed by atoms with E-state index < -0.39 is 0 Å². The highest BCUT2D eigenvalue weighted by Gasteiger charge is 2.05. The van der Waals surface area contributed by atoms with Crippen LogP contribution >= 0.6 is 36.4 Å². The maximum atomic E-state index is 5.82.